The Morgan fingerprint density at radius 1 is 0.429 bits per heavy atom. The fraction of sp³-hybridized carbons (Fsp3) is 0. The summed E-state index contributed by atoms with van der Waals surface area (Å²) >= 11 is 0. The highest BCUT2D eigenvalue weighted by Crippen LogP contribution is 2.33. The van der Waals surface area contributed by atoms with Crippen LogP contribution in [0, 0.1) is 0 Å². The van der Waals surface area contributed by atoms with Gasteiger partial charge >= 0.3 is 0 Å². The Labute approximate surface area is 162 Å². The van der Waals surface area contributed by atoms with Crippen LogP contribution in [0.2, 0.25) is 0 Å². The van der Waals surface area contributed by atoms with Crippen molar-refractivity contribution in [2.45, 2.75) is 0 Å². The van der Waals surface area contributed by atoms with Crippen molar-refractivity contribution in [3.63, 3.8) is 0 Å². The second-order valence-electron chi connectivity index (χ2n) is 6.38. The van der Waals surface area contributed by atoms with Crippen molar-refractivity contribution >= 4 is 0 Å². The molecule has 0 aliphatic rings. The number of hydrogen-bond acceptors (Lipinski definition) is 4. The number of hydrogen-bond donors (Lipinski definition) is 0. The van der Waals surface area contributed by atoms with Gasteiger partial charge in [0.05, 0.1) is 0 Å². The van der Waals surface area contributed by atoms with E-state index < -0.39 is 0 Å². The van der Waals surface area contributed by atoms with Gasteiger partial charge in [-0.15, -0.1) is 0 Å². The van der Waals surface area contributed by atoms with Crippen LogP contribution in [0.1, 0.15) is 0 Å². The van der Waals surface area contributed by atoms with Crippen LogP contribution in [-0.2, 0) is 0 Å². The lowest BCUT2D eigenvalue weighted by molar-refractivity contribution is 0.595. The minimum Gasteiger partial charge on any atom is -0.456 e. The first-order chi connectivity index (χ1) is 13.9. The molecule has 0 radical (unpaired) electrons. The predicted octanol–water partition coefficient (Wildman–Crippen LogP) is 6.33. The summed E-state index contributed by atoms with van der Waals surface area (Å²) in [6.45, 7) is 0. The third-order valence-electron chi connectivity index (χ3n) is 4.57. The first-order valence-electron chi connectivity index (χ1n) is 8.98. The smallest absolute Gasteiger partial charge is 0.134 e. The average molecular weight is 364 g/mol. The number of aromatic nitrogens is 2. The predicted molar refractivity (Wildman–Crippen MR) is 108 cm³/mol. The Hall–Kier alpha value is -3.92. The molecule has 0 aliphatic carbocycles. The van der Waals surface area contributed by atoms with Crippen molar-refractivity contribution in [1.82, 2.24) is 9.97 Å². The van der Waals surface area contributed by atoms with Crippen molar-refractivity contribution in [2.75, 3.05) is 0 Å². The van der Waals surface area contributed by atoms with E-state index in [0.717, 1.165) is 45.3 Å². The van der Waals surface area contributed by atoms with Crippen LogP contribution in [0.25, 0.3) is 45.3 Å². The van der Waals surface area contributed by atoms with Gasteiger partial charge in [0.1, 0.15) is 23.0 Å². The summed E-state index contributed by atoms with van der Waals surface area (Å²) in [7, 11) is 0. The van der Waals surface area contributed by atoms with E-state index in [1.807, 2.05) is 66.7 Å². The lowest BCUT2D eigenvalue weighted by atomic mass is 10.1. The lowest BCUT2D eigenvalue weighted by Crippen LogP contribution is -1.78. The fourth-order valence-corrected chi connectivity index (χ4v) is 3.15. The SMILES string of the molecule is c1cc(-c2ccc(-c3ccncc3)o2)cc(-c2ccc(-c3ccncc3)o2)c1. The Balaban J connectivity index is 1.46. The molecule has 0 N–H and O–H groups in total. The first-order valence-corrected chi connectivity index (χ1v) is 8.98. The molecule has 0 amide bonds. The third kappa shape index (κ3) is 3.12. The number of nitrogens with zero attached hydrogens (tertiary/aromatic N) is 2. The summed E-state index contributed by atoms with van der Waals surface area (Å²) < 4.78 is 12.1. The molecular formula is C24H16N2O2. The number of furan rings is 2. The van der Waals surface area contributed by atoms with Crippen LogP contribution in [0.3, 0.4) is 0 Å². The van der Waals surface area contributed by atoms with Crippen molar-refractivity contribution in [3.05, 3.63) is 97.6 Å². The highest BCUT2D eigenvalue weighted by Gasteiger charge is 2.10. The molecule has 1 aromatic carbocycles. The van der Waals surface area contributed by atoms with E-state index in [9.17, 15) is 0 Å². The maximum atomic E-state index is 6.06. The van der Waals surface area contributed by atoms with Crippen LogP contribution < -0.4 is 0 Å². The molecule has 5 aromatic rings. The standard InChI is InChI=1S/C24H16N2O2/c1-2-19(23-6-4-21(27-23)17-8-12-25-13-9-17)16-20(3-1)24-7-5-22(28-24)18-10-14-26-15-11-18/h1-16H. The molecule has 134 valence electrons. The zero-order valence-corrected chi connectivity index (χ0v) is 14.9. The zero-order valence-electron chi connectivity index (χ0n) is 14.9. The van der Waals surface area contributed by atoms with Gasteiger partial charge in [-0.05, 0) is 54.6 Å². The van der Waals surface area contributed by atoms with Gasteiger partial charge in [0.15, 0.2) is 0 Å². The van der Waals surface area contributed by atoms with Gasteiger partial charge < -0.3 is 8.83 Å². The van der Waals surface area contributed by atoms with E-state index in [-0.39, 0.29) is 0 Å². The summed E-state index contributed by atoms with van der Waals surface area (Å²) in [5.74, 6) is 3.27. The van der Waals surface area contributed by atoms with E-state index in [1.54, 1.807) is 24.8 Å². The minimum atomic E-state index is 0.814. The molecule has 4 aromatic heterocycles. The topological polar surface area (TPSA) is 52.1 Å². The van der Waals surface area contributed by atoms with Crippen molar-refractivity contribution in [3.8, 4) is 45.3 Å². The van der Waals surface area contributed by atoms with E-state index >= 15 is 0 Å². The lowest BCUT2D eigenvalue weighted by Gasteiger charge is -2.02. The molecule has 4 nitrogen and oxygen atoms in total. The Morgan fingerprint density at radius 3 is 1.25 bits per heavy atom. The molecule has 0 unspecified atom stereocenters. The van der Waals surface area contributed by atoms with Gasteiger partial charge in [-0.1, -0.05) is 18.2 Å². The second-order valence-corrected chi connectivity index (χ2v) is 6.38. The third-order valence-corrected chi connectivity index (χ3v) is 4.57. The van der Waals surface area contributed by atoms with E-state index in [1.165, 1.54) is 0 Å². The van der Waals surface area contributed by atoms with Gasteiger partial charge in [-0.3, -0.25) is 9.97 Å². The second kappa shape index (κ2) is 7.00. The summed E-state index contributed by atoms with van der Waals surface area (Å²) in [5.41, 5.74) is 4.01. The van der Waals surface area contributed by atoms with Crippen molar-refractivity contribution < 1.29 is 8.83 Å². The molecule has 0 fully saturated rings. The summed E-state index contributed by atoms with van der Waals surface area (Å²) in [6, 6.07) is 23.8. The van der Waals surface area contributed by atoms with E-state index in [4.69, 9.17) is 8.83 Å². The minimum absolute atomic E-state index is 0.814. The van der Waals surface area contributed by atoms with Crippen LogP contribution >= 0.6 is 0 Å². The molecule has 0 bridgehead atoms. The number of benzene rings is 1. The van der Waals surface area contributed by atoms with Crippen LogP contribution in [0.5, 0.6) is 0 Å². The van der Waals surface area contributed by atoms with E-state index in [2.05, 4.69) is 16.0 Å². The molecule has 0 spiro atoms. The highest BCUT2D eigenvalue weighted by molar-refractivity contribution is 5.71. The molecule has 4 heterocycles. The van der Waals surface area contributed by atoms with E-state index in [0.29, 0.717) is 0 Å². The zero-order chi connectivity index (χ0) is 18.8. The molecule has 0 saturated carbocycles. The van der Waals surface area contributed by atoms with Crippen molar-refractivity contribution in [2.24, 2.45) is 0 Å². The first kappa shape index (κ1) is 16.3. The number of rotatable bonds is 4. The maximum absolute atomic E-state index is 6.06. The summed E-state index contributed by atoms with van der Waals surface area (Å²) in [5, 5.41) is 0. The molecule has 0 aliphatic heterocycles. The molecule has 4 heteroatoms. The normalized spacial score (nSPS) is 10.9. The Bertz CT molecular complexity index is 1110. The molecule has 28 heavy (non-hydrogen) atoms. The largest absolute Gasteiger partial charge is 0.456 e. The van der Waals surface area contributed by atoms with Gasteiger partial charge in [0.25, 0.3) is 0 Å². The average Bonchev–Trinajstić information content (AvgIpc) is 3.46. The number of pyridine rings is 2. The van der Waals surface area contributed by atoms with Gasteiger partial charge in [-0.25, -0.2) is 0 Å². The van der Waals surface area contributed by atoms with Gasteiger partial charge in [0, 0.05) is 47.0 Å². The highest BCUT2D eigenvalue weighted by atomic mass is 16.3. The molecule has 0 saturated heterocycles. The van der Waals surface area contributed by atoms with Crippen molar-refractivity contribution in [1.29, 1.82) is 0 Å². The van der Waals surface area contributed by atoms with Gasteiger partial charge in [-0.2, -0.15) is 0 Å². The van der Waals surface area contributed by atoms with Gasteiger partial charge in [0.2, 0.25) is 0 Å². The monoisotopic (exact) mass is 364 g/mol. The molecule has 5 rings (SSSR count). The molecular weight excluding hydrogens is 348 g/mol. The van der Waals surface area contributed by atoms with Crippen LogP contribution in [0.15, 0.2) is 106 Å². The van der Waals surface area contributed by atoms with Crippen LogP contribution in [-0.4, -0.2) is 9.97 Å². The quantitative estimate of drug-likeness (QED) is 0.374. The maximum Gasteiger partial charge on any atom is 0.134 e. The Morgan fingerprint density at radius 2 is 0.821 bits per heavy atom. The molecule has 0 atom stereocenters. The summed E-state index contributed by atoms with van der Waals surface area (Å²) in [4.78, 5) is 8.10. The van der Waals surface area contributed by atoms with Crippen LogP contribution in [0.4, 0.5) is 0 Å². The fourth-order valence-electron chi connectivity index (χ4n) is 3.15. The Kier molecular flexibility index (Phi) is 4.07. The summed E-state index contributed by atoms with van der Waals surface area (Å²) in [6.07, 6.45) is 7.04.